The number of rotatable bonds is 1. The van der Waals surface area contributed by atoms with Gasteiger partial charge >= 0.3 is 51.4 Å². The van der Waals surface area contributed by atoms with Gasteiger partial charge in [-0.3, -0.25) is 4.79 Å². The topological polar surface area (TPSA) is 46.6 Å². The van der Waals surface area contributed by atoms with E-state index >= 15 is 0 Å². The Kier molecular flexibility index (Phi) is 9.86. The molecule has 4 nitrogen and oxygen atoms in total. The summed E-state index contributed by atoms with van der Waals surface area (Å²) in [6.45, 7) is 4.70. The minimum Gasteiger partial charge on any atom is -0.857 e. The normalized spacial score (nSPS) is 14.1. The number of hydrogen-bond donors (Lipinski definition) is 0. The van der Waals surface area contributed by atoms with Gasteiger partial charge in [0.15, 0.2) is 0 Å². The number of anilines is 1. The van der Waals surface area contributed by atoms with Gasteiger partial charge in [-0.15, -0.1) is 0 Å². The van der Waals surface area contributed by atoms with E-state index in [1.165, 1.54) is 12.1 Å². The Balaban J connectivity index is 0.00000103. The van der Waals surface area contributed by atoms with Crippen LogP contribution in [0.3, 0.4) is 0 Å². The predicted molar refractivity (Wildman–Crippen MR) is 66.8 cm³/mol. The van der Waals surface area contributed by atoms with Gasteiger partial charge in [0, 0.05) is 38.8 Å². The van der Waals surface area contributed by atoms with Crippen molar-refractivity contribution in [3.63, 3.8) is 0 Å². The SMILES string of the molecule is CC(=O)N1CCN(c2ccc(F)cc2)CC1.C[O-].[K+]. The third kappa shape index (κ3) is 5.89. The average molecular weight is 292 g/mol. The second-order valence-corrected chi connectivity index (χ2v) is 3.97. The molecule has 19 heavy (non-hydrogen) atoms. The molecular formula is C13H18FKN2O2. The number of piperazine rings is 1. The summed E-state index contributed by atoms with van der Waals surface area (Å²) in [5, 5.41) is 8.25. The van der Waals surface area contributed by atoms with Crippen LogP contribution in [-0.2, 0) is 4.79 Å². The number of halogens is 1. The van der Waals surface area contributed by atoms with Gasteiger partial charge in [0.2, 0.25) is 5.91 Å². The number of hydrogen-bond acceptors (Lipinski definition) is 3. The zero-order valence-electron chi connectivity index (χ0n) is 11.7. The summed E-state index contributed by atoms with van der Waals surface area (Å²) >= 11 is 0. The Hall–Kier alpha value is 0.0164. The minimum absolute atomic E-state index is 0. The monoisotopic (exact) mass is 292 g/mol. The molecule has 1 aromatic carbocycles. The van der Waals surface area contributed by atoms with Gasteiger partial charge in [0.1, 0.15) is 5.82 Å². The molecule has 1 aliphatic rings. The second-order valence-electron chi connectivity index (χ2n) is 3.97. The number of carbonyl (C=O) groups is 1. The molecular weight excluding hydrogens is 274 g/mol. The molecule has 0 spiro atoms. The second kappa shape index (κ2) is 9.85. The van der Waals surface area contributed by atoms with Crippen LogP contribution in [-0.4, -0.2) is 44.1 Å². The van der Waals surface area contributed by atoms with Crippen molar-refractivity contribution in [3.05, 3.63) is 30.1 Å². The Bertz CT molecular complexity index is 379. The van der Waals surface area contributed by atoms with Crippen molar-refractivity contribution in [1.29, 1.82) is 0 Å². The van der Waals surface area contributed by atoms with E-state index < -0.39 is 0 Å². The van der Waals surface area contributed by atoms with E-state index in [1.54, 1.807) is 19.1 Å². The smallest absolute Gasteiger partial charge is 0.857 e. The average Bonchev–Trinajstić information content (AvgIpc) is 2.42. The quantitative estimate of drug-likeness (QED) is 0.537. The van der Waals surface area contributed by atoms with Gasteiger partial charge in [0.05, 0.1) is 0 Å². The van der Waals surface area contributed by atoms with Crippen LogP contribution in [0.15, 0.2) is 24.3 Å². The largest absolute Gasteiger partial charge is 1.00 e. The summed E-state index contributed by atoms with van der Waals surface area (Å²) in [4.78, 5) is 15.1. The third-order valence-corrected chi connectivity index (χ3v) is 2.92. The molecule has 1 aromatic rings. The molecule has 1 amide bonds. The predicted octanol–water partition coefficient (Wildman–Crippen LogP) is -2.53. The van der Waals surface area contributed by atoms with Crippen molar-refractivity contribution >= 4 is 11.6 Å². The van der Waals surface area contributed by atoms with Gasteiger partial charge < -0.3 is 14.9 Å². The van der Waals surface area contributed by atoms with Gasteiger partial charge in [0.25, 0.3) is 0 Å². The van der Waals surface area contributed by atoms with E-state index in [0.29, 0.717) is 0 Å². The zero-order valence-corrected chi connectivity index (χ0v) is 14.8. The fourth-order valence-corrected chi connectivity index (χ4v) is 1.93. The molecule has 1 aliphatic heterocycles. The summed E-state index contributed by atoms with van der Waals surface area (Å²) in [5.41, 5.74) is 1.02. The molecule has 1 heterocycles. The zero-order chi connectivity index (χ0) is 13.5. The molecule has 0 bridgehead atoms. The first kappa shape index (κ1) is 19.0. The first-order valence-electron chi connectivity index (χ1n) is 5.83. The first-order chi connectivity index (χ1) is 8.66. The van der Waals surface area contributed by atoms with Crippen molar-refractivity contribution in [1.82, 2.24) is 4.90 Å². The molecule has 6 heteroatoms. The maximum Gasteiger partial charge on any atom is 1.00 e. The number of benzene rings is 1. The van der Waals surface area contributed by atoms with E-state index in [1.807, 2.05) is 4.90 Å². The van der Waals surface area contributed by atoms with E-state index in [9.17, 15) is 9.18 Å². The first-order valence-corrected chi connectivity index (χ1v) is 5.83. The Morgan fingerprint density at radius 1 is 1.11 bits per heavy atom. The van der Waals surface area contributed by atoms with Crippen LogP contribution in [0, 0.1) is 5.82 Å². The van der Waals surface area contributed by atoms with Crippen LogP contribution < -0.4 is 61.4 Å². The van der Waals surface area contributed by atoms with Crippen LogP contribution in [0.25, 0.3) is 0 Å². The Labute approximate surface area is 156 Å². The summed E-state index contributed by atoms with van der Waals surface area (Å²) in [6.07, 6.45) is 0. The van der Waals surface area contributed by atoms with E-state index in [0.717, 1.165) is 39.0 Å². The maximum atomic E-state index is 12.8. The summed E-state index contributed by atoms with van der Waals surface area (Å²) in [5.74, 6) is -0.0927. The molecule has 2 rings (SSSR count). The molecule has 0 aliphatic carbocycles. The number of amides is 1. The van der Waals surface area contributed by atoms with E-state index in [4.69, 9.17) is 5.11 Å². The summed E-state index contributed by atoms with van der Waals surface area (Å²) in [6, 6.07) is 6.48. The van der Waals surface area contributed by atoms with Crippen LogP contribution in [0.1, 0.15) is 6.92 Å². The van der Waals surface area contributed by atoms with Crippen LogP contribution in [0.5, 0.6) is 0 Å². The van der Waals surface area contributed by atoms with E-state index in [-0.39, 0.29) is 63.1 Å². The molecule has 0 unspecified atom stereocenters. The minimum atomic E-state index is -0.217. The van der Waals surface area contributed by atoms with Crippen LogP contribution in [0.4, 0.5) is 10.1 Å². The molecule has 0 atom stereocenters. The maximum absolute atomic E-state index is 12.8. The molecule has 1 fully saturated rings. The number of carbonyl (C=O) groups excluding carboxylic acids is 1. The van der Waals surface area contributed by atoms with Gasteiger partial charge in [-0.25, -0.2) is 4.39 Å². The fourth-order valence-electron chi connectivity index (χ4n) is 1.93. The van der Waals surface area contributed by atoms with Crippen molar-refractivity contribution in [2.45, 2.75) is 6.92 Å². The molecule has 0 N–H and O–H groups in total. The van der Waals surface area contributed by atoms with Crippen LogP contribution in [0.2, 0.25) is 0 Å². The van der Waals surface area contributed by atoms with E-state index in [2.05, 4.69) is 4.90 Å². The van der Waals surface area contributed by atoms with Crippen molar-refractivity contribution in [3.8, 4) is 0 Å². The molecule has 0 aromatic heterocycles. The molecule has 1 saturated heterocycles. The Morgan fingerprint density at radius 2 is 1.58 bits per heavy atom. The van der Waals surface area contributed by atoms with Gasteiger partial charge in [-0.1, -0.05) is 0 Å². The van der Waals surface area contributed by atoms with Gasteiger partial charge in [-0.05, 0) is 24.3 Å². The summed E-state index contributed by atoms with van der Waals surface area (Å²) in [7, 11) is 0.750. The van der Waals surface area contributed by atoms with Crippen molar-refractivity contribution in [2.24, 2.45) is 0 Å². The van der Waals surface area contributed by atoms with Gasteiger partial charge in [-0.2, -0.15) is 7.11 Å². The summed E-state index contributed by atoms with van der Waals surface area (Å²) < 4.78 is 12.8. The van der Waals surface area contributed by atoms with Crippen molar-refractivity contribution < 1.29 is 65.7 Å². The number of nitrogens with zero attached hydrogens (tertiary/aromatic N) is 2. The standard InChI is InChI=1S/C12H15FN2O.CH3O.K/c1-10(16)14-6-8-15(9-7-14)12-4-2-11(13)3-5-12;1-2;/h2-5H,6-9H2,1H3;1H3;/q;-1;+1. The molecule has 0 radical (unpaired) electrons. The molecule has 100 valence electrons. The fraction of sp³-hybridized carbons (Fsp3) is 0.462. The van der Waals surface area contributed by atoms with Crippen LogP contribution >= 0.6 is 0 Å². The van der Waals surface area contributed by atoms with Crippen molar-refractivity contribution in [2.75, 3.05) is 38.2 Å². The molecule has 0 saturated carbocycles. The Morgan fingerprint density at radius 3 is 2.00 bits per heavy atom. The third-order valence-electron chi connectivity index (χ3n) is 2.92.